The molecule has 3 atom stereocenters. The number of sulfonamides is 1. The highest BCUT2D eigenvalue weighted by Crippen LogP contribution is 2.48. The molecule has 0 aromatic rings. The Balaban J connectivity index is 3.24. The van der Waals surface area contributed by atoms with Crippen LogP contribution < -0.4 is 0 Å². The van der Waals surface area contributed by atoms with E-state index in [2.05, 4.69) is 0 Å². The molecule has 1 saturated heterocycles. The number of hydrogen-bond acceptors (Lipinski definition) is 5. The first-order chi connectivity index (χ1) is 9.69. The number of halogens is 4. The molecule has 1 fully saturated rings. The Morgan fingerprint density at radius 2 is 1.45 bits per heavy atom. The third-order valence-electron chi connectivity index (χ3n) is 3.82. The van der Waals surface area contributed by atoms with Crippen molar-refractivity contribution >= 4 is 21.1 Å². The van der Waals surface area contributed by atoms with Crippen molar-refractivity contribution in [2.45, 2.75) is 29.8 Å². The van der Waals surface area contributed by atoms with Gasteiger partial charge in [0.25, 0.3) is 10.0 Å². The lowest BCUT2D eigenvalue weighted by atomic mass is 10.0. The van der Waals surface area contributed by atoms with Crippen LogP contribution in [0.3, 0.4) is 0 Å². The van der Waals surface area contributed by atoms with Crippen molar-refractivity contribution < 1.29 is 34.7 Å². The number of rotatable bonds is 5. The van der Waals surface area contributed by atoms with Gasteiger partial charge in [-0.2, -0.15) is 13.1 Å². The SMILES string of the molecule is CN1CCN(S(=O)(=O)C(F)(F)C(C)(F)C(C)(F)S(=O)[O-])CC1. The lowest BCUT2D eigenvalue weighted by Crippen LogP contribution is -2.64. The van der Waals surface area contributed by atoms with E-state index in [4.69, 9.17) is 0 Å². The highest BCUT2D eigenvalue weighted by molar-refractivity contribution is 7.90. The van der Waals surface area contributed by atoms with Gasteiger partial charge in [0.1, 0.15) is 0 Å². The van der Waals surface area contributed by atoms with Crippen LogP contribution in [0.1, 0.15) is 13.8 Å². The molecule has 22 heavy (non-hydrogen) atoms. The van der Waals surface area contributed by atoms with Gasteiger partial charge in [0.2, 0.25) is 10.7 Å². The molecule has 0 aromatic carbocycles. The summed E-state index contributed by atoms with van der Waals surface area (Å²) in [6, 6.07) is 0. The molecule has 0 aromatic heterocycles. The molecule has 1 aliphatic heterocycles. The maximum absolute atomic E-state index is 14.3. The summed E-state index contributed by atoms with van der Waals surface area (Å²) >= 11 is -3.90. The fourth-order valence-electron chi connectivity index (χ4n) is 1.85. The number of piperazine rings is 1. The number of likely N-dealkylation sites (N-methyl/N-ethyl adjacent to an activating group) is 1. The molecule has 12 heteroatoms. The highest BCUT2D eigenvalue weighted by atomic mass is 32.2. The predicted molar refractivity (Wildman–Crippen MR) is 70.9 cm³/mol. The van der Waals surface area contributed by atoms with Crippen molar-refractivity contribution in [2.75, 3.05) is 33.2 Å². The number of hydrogen-bond donors (Lipinski definition) is 0. The van der Waals surface area contributed by atoms with Crippen molar-refractivity contribution in [3.63, 3.8) is 0 Å². The predicted octanol–water partition coefficient (Wildman–Crippen LogP) is 0.449. The number of nitrogens with zero attached hydrogens (tertiary/aromatic N) is 2. The Labute approximate surface area is 128 Å². The van der Waals surface area contributed by atoms with E-state index >= 15 is 0 Å². The highest BCUT2D eigenvalue weighted by Gasteiger charge is 2.71. The largest absolute Gasteiger partial charge is 0.770 e. The average molecular weight is 369 g/mol. The van der Waals surface area contributed by atoms with E-state index in [1.807, 2.05) is 0 Å². The number of alkyl halides is 4. The molecular weight excluding hydrogens is 352 g/mol. The first-order valence-corrected chi connectivity index (χ1v) is 8.74. The van der Waals surface area contributed by atoms with Crippen LogP contribution in [0.15, 0.2) is 0 Å². The maximum Gasteiger partial charge on any atom is 0.396 e. The molecule has 1 heterocycles. The van der Waals surface area contributed by atoms with Gasteiger partial charge in [-0.1, -0.05) is 0 Å². The third-order valence-corrected chi connectivity index (χ3v) is 6.91. The first kappa shape index (κ1) is 19.7. The molecule has 0 radical (unpaired) electrons. The zero-order valence-corrected chi connectivity index (χ0v) is 13.8. The summed E-state index contributed by atoms with van der Waals surface area (Å²) in [5, 5.41) is -9.34. The zero-order chi connectivity index (χ0) is 17.6. The van der Waals surface area contributed by atoms with Gasteiger partial charge in [-0.3, -0.25) is 4.21 Å². The van der Waals surface area contributed by atoms with Crippen LogP contribution in [-0.2, 0) is 21.1 Å². The molecule has 3 unspecified atom stereocenters. The summed E-state index contributed by atoms with van der Waals surface area (Å²) < 4.78 is 102. The monoisotopic (exact) mass is 369 g/mol. The van der Waals surface area contributed by atoms with Gasteiger partial charge in [-0.25, -0.2) is 17.2 Å². The van der Waals surface area contributed by atoms with Crippen LogP contribution in [0, 0.1) is 0 Å². The molecule has 1 aliphatic rings. The lowest BCUT2D eigenvalue weighted by Gasteiger charge is -2.42. The van der Waals surface area contributed by atoms with Gasteiger partial charge < -0.3 is 9.45 Å². The van der Waals surface area contributed by atoms with Gasteiger partial charge in [-0.05, 0) is 32.0 Å². The maximum atomic E-state index is 14.3. The summed E-state index contributed by atoms with van der Waals surface area (Å²) in [5.74, 6) is 0. The minimum atomic E-state index is -5.57. The summed E-state index contributed by atoms with van der Waals surface area (Å²) in [6.45, 7) is -0.390. The lowest BCUT2D eigenvalue weighted by molar-refractivity contribution is -0.115. The Hall–Kier alpha value is -0.300. The fourth-order valence-corrected chi connectivity index (χ4v) is 4.00. The Bertz CT molecular complexity index is 545. The first-order valence-electron chi connectivity index (χ1n) is 6.23. The van der Waals surface area contributed by atoms with Crippen molar-refractivity contribution in [1.29, 1.82) is 0 Å². The van der Waals surface area contributed by atoms with E-state index in [0.29, 0.717) is 4.31 Å². The van der Waals surface area contributed by atoms with Crippen molar-refractivity contribution in [3.05, 3.63) is 0 Å². The molecule has 0 saturated carbocycles. The summed E-state index contributed by atoms with van der Waals surface area (Å²) in [7, 11) is -3.93. The van der Waals surface area contributed by atoms with E-state index in [1.54, 1.807) is 11.9 Å². The molecule has 1 rings (SSSR count). The Kier molecular flexibility index (Phi) is 5.35. The zero-order valence-electron chi connectivity index (χ0n) is 12.2. The van der Waals surface area contributed by atoms with Gasteiger partial charge in [-0.15, -0.1) is 0 Å². The fraction of sp³-hybridized carbons (Fsp3) is 1.00. The van der Waals surface area contributed by atoms with Gasteiger partial charge in [0.05, 0.1) is 0 Å². The van der Waals surface area contributed by atoms with E-state index < -0.39 is 37.0 Å². The van der Waals surface area contributed by atoms with Crippen LogP contribution in [0.5, 0.6) is 0 Å². The molecule has 0 amide bonds. The van der Waals surface area contributed by atoms with Crippen molar-refractivity contribution in [1.82, 2.24) is 9.21 Å². The molecule has 6 nitrogen and oxygen atoms in total. The van der Waals surface area contributed by atoms with Crippen molar-refractivity contribution in [2.24, 2.45) is 0 Å². The second-order valence-corrected chi connectivity index (χ2v) is 8.59. The van der Waals surface area contributed by atoms with E-state index in [0.717, 1.165) is 0 Å². The molecule has 0 aliphatic carbocycles. The van der Waals surface area contributed by atoms with Gasteiger partial charge in [0, 0.05) is 26.2 Å². The van der Waals surface area contributed by atoms with Crippen LogP contribution in [0.4, 0.5) is 17.6 Å². The van der Waals surface area contributed by atoms with Crippen LogP contribution in [-0.4, -0.2) is 75.5 Å². The van der Waals surface area contributed by atoms with E-state index in [1.165, 1.54) is 0 Å². The molecule has 0 spiro atoms. The smallest absolute Gasteiger partial charge is 0.396 e. The second kappa shape index (κ2) is 5.96. The van der Waals surface area contributed by atoms with E-state index in [9.17, 15) is 34.7 Å². The quantitative estimate of drug-likeness (QED) is 0.519. The summed E-state index contributed by atoms with van der Waals surface area (Å²) in [5.41, 5.74) is -4.46. The standard InChI is InChI=1S/C10H18F4N2O4S2/c1-8(11,9(2,12)21(17)18)10(13,14)22(19,20)16-6-4-15(3)5-7-16/h4-7H2,1-3H3,(H,17,18)/p-1. The van der Waals surface area contributed by atoms with E-state index in [-0.39, 0.29) is 40.0 Å². The average Bonchev–Trinajstić information content (AvgIpc) is 2.38. The van der Waals surface area contributed by atoms with Crippen molar-refractivity contribution in [3.8, 4) is 0 Å². The minimum absolute atomic E-state index is 0.0591. The van der Waals surface area contributed by atoms with Crippen LogP contribution >= 0.6 is 0 Å². The molecule has 0 N–H and O–H groups in total. The van der Waals surface area contributed by atoms with Gasteiger partial charge in [0.15, 0.2) is 0 Å². The normalized spacial score (nSPS) is 26.2. The Morgan fingerprint density at radius 1 is 1.05 bits per heavy atom. The third kappa shape index (κ3) is 2.90. The minimum Gasteiger partial charge on any atom is -0.770 e. The summed E-state index contributed by atoms with van der Waals surface area (Å²) in [6.07, 6.45) is 0. The Morgan fingerprint density at radius 3 is 1.82 bits per heavy atom. The molecule has 132 valence electrons. The van der Waals surface area contributed by atoms with Crippen LogP contribution in [0.25, 0.3) is 0 Å². The molecular formula is C10H17F4N2O4S2-. The van der Waals surface area contributed by atoms with Crippen LogP contribution in [0.2, 0.25) is 0 Å². The van der Waals surface area contributed by atoms with Gasteiger partial charge >= 0.3 is 5.25 Å². The summed E-state index contributed by atoms with van der Waals surface area (Å²) in [4.78, 5) is 1.67. The second-order valence-electron chi connectivity index (χ2n) is 5.38. The molecule has 0 bridgehead atoms. The topological polar surface area (TPSA) is 80.8 Å².